The lowest BCUT2D eigenvalue weighted by Crippen LogP contribution is -2.16. The number of para-hydroxylation sites is 1. The van der Waals surface area contributed by atoms with Gasteiger partial charge in [-0.2, -0.15) is 0 Å². The van der Waals surface area contributed by atoms with E-state index >= 15 is 0 Å². The summed E-state index contributed by atoms with van der Waals surface area (Å²) >= 11 is 0. The van der Waals surface area contributed by atoms with Crippen molar-refractivity contribution in [3.8, 4) is 44.5 Å². The molecular weight excluding hydrogens is 603 g/mol. The molecule has 8 aromatic carbocycles. The molecule has 0 aliphatic heterocycles. The van der Waals surface area contributed by atoms with Gasteiger partial charge in [-0.1, -0.05) is 153 Å². The zero-order chi connectivity index (χ0) is 33.7. The van der Waals surface area contributed by atoms with Crippen molar-refractivity contribution in [2.24, 2.45) is 0 Å². The highest BCUT2D eigenvalue weighted by Crippen LogP contribution is 2.50. The van der Waals surface area contributed by atoms with Crippen LogP contribution in [0.2, 0.25) is 0 Å². The van der Waals surface area contributed by atoms with E-state index in [1.807, 2.05) is 0 Å². The molecule has 0 atom stereocenters. The van der Waals surface area contributed by atoms with E-state index < -0.39 is 0 Å². The average Bonchev–Trinajstić information content (AvgIpc) is 3.41. The predicted molar refractivity (Wildman–Crippen MR) is 213 cm³/mol. The molecule has 0 spiro atoms. The maximum atomic E-state index is 2.39. The molecule has 1 nitrogen and oxygen atoms in total. The van der Waals surface area contributed by atoms with E-state index in [0.29, 0.717) is 0 Å². The SMILES string of the molecule is CC1(C)c2ccccc2-c2ccc(N(c3ccccc3)c3ccc(-c4ccc(-c5cccc(-c6ccc7ccccc7c6)c5)cc4)cc3)cc21. The minimum absolute atomic E-state index is 0.0575. The van der Waals surface area contributed by atoms with Crippen LogP contribution in [0, 0.1) is 0 Å². The first-order chi connectivity index (χ1) is 24.5. The monoisotopic (exact) mass is 639 g/mol. The molecule has 238 valence electrons. The van der Waals surface area contributed by atoms with E-state index in [0.717, 1.165) is 11.4 Å². The quantitative estimate of drug-likeness (QED) is 0.175. The first kappa shape index (κ1) is 29.9. The van der Waals surface area contributed by atoms with Crippen LogP contribution in [-0.2, 0) is 5.41 Å². The zero-order valence-electron chi connectivity index (χ0n) is 28.3. The third-order valence-electron chi connectivity index (χ3n) is 10.5. The van der Waals surface area contributed by atoms with Crippen LogP contribution >= 0.6 is 0 Å². The van der Waals surface area contributed by atoms with Crippen molar-refractivity contribution in [3.05, 3.63) is 199 Å². The summed E-state index contributed by atoms with van der Waals surface area (Å²) in [6.07, 6.45) is 0. The summed E-state index contributed by atoms with van der Waals surface area (Å²) in [5, 5.41) is 2.53. The number of fused-ring (bicyclic) bond motifs is 4. The maximum Gasteiger partial charge on any atom is 0.0465 e. The topological polar surface area (TPSA) is 3.24 Å². The van der Waals surface area contributed by atoms with Gasteiger partial charge in [-0.15, -0.1) is 0 Å². The fourth-order valence-electron chi connectivity index (χ4n) is 7.76. The van der Waals surface area contributed by atoms with Gasteiger partial charge in [-0.05, 0) is 115 Å². The summed E-state index contributed by atoms with van der Waals surface area (Å²) in [4.78, 5) is 2.37. The molecule has 50 heavy (non-hydrogen) atoms. The van der Waals surface area contributed by atoms with Crippen molar-refractivity contribution in [1.29, 1.82) is 0 Å². The Kier molecular flexibility index (Phi) is 7.21. The van der Waals surface area contributed by atoms with E-state index in [-0.39, 0.29) is 5.41 Å². The second kappa shape index (κ2) is 12.1. The molecule has 0 saturated heterocycles. The van der Waals surface area contributed by atoms with Gasteiger partial charge in [0.15, 0.2) is 0 Å². The van der Waals surface area contributed by atoms with Crippen LogP contribution in [0.25, 0.3) is 55.3 Å². The van der Waals surface area contributed by atoms with Crippen LogP contribution in [0.5, 0.6) is 0 Å². The molecule has 1 aliphatic rings. The lowest BCUT2D eigenvalue weighted by atomic mass is 9.82. The molecule has 0 aromatic heterocycles. The van der Waals surface area contributed by atoms with Gasteiger partial charge in [0.25, 0.3) is 0 Å². The van der Waals surface area contributed by atoms with E-state index in [1.54, 1.807) is 0 Å². The summed E-state index contributed by atoms with van der Waals surface area (Å²) in [5.74, 6) is 0. The smallest absolute Gasteiger partial charge is 0.0465 e. The average molecular weight is 640 g/mol. The van der Waals surface area contributed by atoms with Crippen molar-refractivity contribution in [2.75, 3.05) is 4.90 Å². The van der Waals surface area contributed by atoms with Crippen molar-refractivity contribution >= 4 is 27.8 Å². The third-order valence-corrected chi connectivity index (χ3v) is 10.5. The fourth-order valence-corrected chi connectivity index (χ4v) is 7.76. The molecule has 0 bridgehead atoms. The molecule has 0 amide bonds. The van der Waals surface area contributed by atoms with Gasteiger partial charge in [0.1, 0.15) is 0 Å². The van der Waals surface area contributed by atoms with E-state index in [4.69, 9.17) is 0 Å². The van der Waals surface area contributed by atoms with Crippen LogP contribution in [0.4, 0.5) is 17.1 Å². The summed E-state index contributed by atoms with van der Waals surface area (Å²) in [5.41, 5.74) is 16.1. The summed E-state index contributed by atoms with van der Waals surface area (Å²) in [6, 6.07) is 68.5. The van der Waals surface area contributed by atoms with Gasteiger partial charge in [0.2, 0.25) is 0 Å². The molecule has 0 N–H and O–H groups in total. The molecule has 1 aliphatic carbocycles. The highest BCUT2D eigenvalue weighted by atomic mass is 15.1. The standard InChI is InChI=1S/C49H37N/c1-49(2)47-18-9-8-17-45(47)46-30-29-44(33-48(46)49)50(42-15-4-3-5-16-42)43-27-25-36(26-28-43)35-19-21-37(22-20-35)39-13-10-14-40(31-39)41-24-23-34-11-6-7-12-38(34)32-41/h3-33H,1-2H3. The Morgan fingerprint density at radius 1 is 0.320 bits per heavy atom. The van der Waals surface area contributed by atoms with Crippen molar-refractivity contribution in [2.45, 2.75) is 19.3 Å². The van der Waals surface area contributed by atoms with Crippen molar-refractivity contribution in [1.82, 2.24) is 0 Å². The molecule has 8 aromatic rings. The van der Waals surface area contributed by atoms with Crippen LogP contribution in [0.15, 0.2) is 188 Å². The zero-order valence-corrected chi connectivity index (χ0v) is 28.3. The molecule has 9 rings (SSSR count). The van der Waals surface area contributed by atoms with Crippen LogP contribution in [0.1, 0.15) is 25.0 Å². The number of benzene rings is 8. The predicted octanol–water partition coefficient (Wildman–Crippen LogP) is 13.6. The van der Waals surface area contributed by atoms with Gasteiger partial charge >= 0.3 is 0 Å². The maximum absolute atomic E-state index is 2.39. The lowest BCUT2D eigenvalue weighted by Gasteiger charge is -2.28. The Labute approximate surface area is 294 Å². The highest BCUT2D eigenvalue weighted by molar-refractivity contribution is 5.89. The van der Waals surface area contributed by atoms with Crippen molar-refractivity contribution < 1.29 is 0 Å². The minimum atomic E-state index is -0.0575. The van der Waals surface area contributed by atoms with E-state index in [2.05, 4.69) is 207 Å². The molecule has 0 radical (unpaired) electrons. The highest BCUT2D eigenvalue weighted by Gasteiger charge is 2.35. The van der Waals surface area contributed by atoms with Gasteiger partial charge < -0.3 is 4.90 Å². The third kappa shape index (κ3) is 5.19. The summed E-state index contributed by atoms with van der Waals surface area (Å²) < 4.78 is 0. The number of rotatable bonds is 6. The van der Waals surface area contributed by atoms with Crippen LogP contribution in [0.3, 0.4) is 0 Å². The van der Waals surface area contributed by atoms with Gasteiger partial charge in [-0.3, -0.25) is 0 Å². The Balaban J connectivity index is 1.01. The van der Waals surface area contributed by atoms with Crippen molar-refractivity contribution in [3.63, 3.8) is 0 Å². The molecule has 1 heteroatoms. The second-order valence-electron chi connectivity index (χ2n) is 13.8. The van der Waals surface area contributed by atoms with E-state index in [1.165, 1.54) is 72.1 Å². The van der Waals surface area contributed by atoms with E-state index in [9.17, 15) is 0 Å². The first-order valence-corrected chi connectivity index (χ1v) is 17.4. The Morgan fingerprint density at radius 3 is 1.60 bits per heavy atom. The Morgan fingerprint density at radius 2 is 0.840 bits per heavy atom. The van der Waals surface area contributed by atoms with Crippen LogP contribution in [-0.4, -0.2) is 0 Å². The first-order valence-electron chi connectivity index (χ1n) is 17.4. The molecule has 0 heterocycles. The molecule has 0 fully saturated rings. The second-order valence-corrected chi connectivity index (χ2v) is 13.8. The van der Waals surface area contributed by atoms with Gasteiger partial charge in [0, 0.05) is 22.5 Å². The van der Waals surface area contributed by atoms with Gasteiger partial charge in [0.05, 0.1) is 0 Å². The Hall–Kier alpha value is -6.18. The normalized spacial score (nSPS) is 12.8. The number of anilines is 3. The van der Waals surface area contributed by atoms with Crippen LogP contribution < -0.4 is 4.90 Å². The molecule has 0 saturated carbocycles. The minimum Gasteiger partial charge on any atom is -0.310 e. The number of hydrogen-bond donors (Lipinski definition) is 0. The lowest BCUT2D eigenvalue weighted by molar-refractivity contribution is 0.660. The molecular formula is C49H37N. The fraction of sp³-hybridized carbons (Fsp3) is 0.0612. The summed E-state index contributed by atoms with van der Waals surface area (Å²) in [7, 11) is 0. The number of nitrogens with zero attached hydrogens (tertiary/aromatic N) is 1. The number of hydrogen-bond acceptors (Lipinski definition) is 1. The Bertz CT molecular complexity index is 2490. The summed E-state index contributed by atoms with van der Waals surface area (Å²) in [6.45, 7) is 4.69. The van der Waals surface area contributed by atoms with Gasteiger partial charge in [-0.25, -0.2) is 0 Å². The molecule has 0 unspecified atom stereocenters. The largest absolute Gasteiger partial charge is 0.310 e.